The molecule has 2 atom stereocenters. The van der Waals surface area contributed by atoms with Crippen LogP contribution < -0.4 is 0 Å². The fraction of sp³-hybridized carbons (Fsp3) is 0.364. The van der Waals surface area contributed by atoms with E-state index in [4.69, 9.17) is 9.15 Å². The van der Waals surface area contributed by atoms with Crippen molar-refractivity contribution >= 4 is 29.1 Å². The maximum Gasteiger partial charge on any atom is 0.320 e. The monoisotopic (exact) mass is 282 g/mol. The number of aromatic nitrogens is 2. The van der Waals surface area contributed by atoms with Crippen LogP contribution in [0.4, 0.5) is 0 Å². The Kier molecular flexibility index (Phi) is 3.09. The molecule has 5 nitrogen and oxygen atoms in total. The second-order valence-corrected chi connectivity index (χ2v) is 6.04. The van der Waals surface area contributed by atoms with Crippen LogP contribution in [0, 0.1) is 0 Å². The highest BCUT2D eigenvalue weighted by atomic mass is 32.2. The first-order valence-corrected chi connectivity index (χ1v) is 7.23. The lowest BCUT2D eigenvalue weighted by molar-refractivity contribution is -0.140. The first kappa shape index (κ1) is 11.7. The lowest BCUT2D eigenvalue weighted by Crippen LogP contribution is -2.09. The molecule has 3 rings (SSSR count). The molecule has 18 heavy (non-hydrogen) atoms. The van der Waals surface area contributed by atoms with Crippen molar-refractivity contribution in [2.24, 2.45) is 0 Å². The minimum Gasteiger partial charge on any atom is -0.462 e. The third-order valence-electron chi connectivity index (χ3n) is 2.51. The predicted octanol–water partition coefficient (Wildman–Crippen LogP) is 2.59. The van der Waals surface area contributed by atoms with E-state index in [0.29, 0.717) is 17.5 Å². The summed E-state index contributed by atoms with van der Waals surface area (Å²) in [6, 6.07) is 3.84. The van der Waals surface area contributed by atoms with Crippen LogP contribution in [0.15, 0.2) is 27.2 Å². The molecule has 0 radical (unpaired) electrons. The number of esters is 1. The second kappa shape index (κ2) is 4.74. The van der Waals surface area contributed by atoms with Crippen LogP contribution in [0.5, 0.6) is 0 Å². The van der Waals surface area contributed by atoms with Crippen molar-refractivity contribution in [3.63, 3.8) is 0 Å². The number of nitrogens with zero attached hydrogens (tertiary/aromatic N) is 2. The fourth-order valence-electron chi connectivity index (χ4n) is 1.70. The third kappa shape index (κ3) is 2.28. The standard InChI is InChI=1S/C11H10N2O3S2/c1-6-5-8(10(14)15-6)18-11-13-12-9(16-11)7-3-2-4-17-7/h2-4,6,8H,5H2,1H3. The summed E-state index contributed by atoms with van der Waals surface area (Å²) in [4.78, 5) is 12.4. The first-order valence-electron chi connectivity index (χ1n) is 5.47. The molecule has 2 aromatic rings. The van der Waals surface area contributed by atoms with Crippen molar-refractivity contribution in [2.45, 2.75) is 29.9 Å². The van der Waals surface area contributed by atoms with Crippen molar-refractivity contribution in [1.29, 1.82) is 0 Å². The SMILES string of the molecule is CC1CC(Sc2nnc(-c3cccs3)o2)C(=O)O1. The highest BCUT2D eigenvalue weighted by Crippen LogP contribution is 2.33. The zero-order chi connectivity index (χ0) is 12.5. The van der Waals surface area contributed by atoms with E-state index in [1.165, 1.54) is 23.1 Å². The molecule has 0 saturated carbocycles. The number of hydrogen-bond acceptors (Lipinski definition) is 7. The van der Waals surface area contributed by atoms with Gasteiger partial charge in [-0.05, 0) is 30.1 Å². The van der Waals surface area contributed by atoms with E-state index in [0.717, 1.165) is 4.88 Å². The average Bonchev–Trinajstić information content (AvgIpc) is 3.02. The van der Waals surface area contributed by atoms with Gasteiger partial charge >= 0.3 is 5.97 Å². The van der Waals surface area contributed by atoms with Gasteiger partial charge in [-0.1, -0.05) is 6.07 Å². The Morgan fingerprint density at radius 3 is 3.06 bits per heavy atom. The van der Waals surface area contributed by atoms with E-state index >= 15 is 0 Å². The Hall–Kier alpha value is -1.34. The molecule has 1 saturated heterocycles. The highest BCUT2D eigenvalue weighted by Gasteiger charge is 2.34. The summed E-state index contributed by atoms with van der Waals surface area (Å²) in [6.45, 7) is 1.88. The molecular weight excluding hydrogens is 272 g/mol. The van der Waals surface area contributed by atoms with E-state index in [9.17, 15) is 4.79 Å². The minimum atomic E-state index is -0.239. The molecule has 0 amide bonds. The minimum absolute atomic E-state index is 0.0327. The quantitative estimate of drug-likeness (QED) is 0.806. The molecule has 1 aliphatic rings. The van der Waals surface area contributed by atoms with Crippen LogP contribution in [0.3, 0.4) is 0 Å². The molecule has 0 N–H and O–H groups in total. The fourth-order valence-corrected chi connectivity index (χ4v) is 3.32. The lowest BCUT2D eigenvalue weighted by Gasteiger charge is -1.98. The molecule has 3 heterocycles. The van der Waals surface area contributed by atoms with Gasteiger partial charge in [-0.2, -0.15) is 0 Å². The van der Waals surface area contributed by atoms with Crippen molar-refractivity contribution < 1.29 is 13.9 Å². The molecule has 2 aromatic heterocycles. The van der Waals surface area contributed by atoms with Crippen LogP contribution in [0.25, 0.3) is 10.8 Å². The number of ether oxygens (including phenoxy) is 1. The van der Waals surface area contributed by atoms with Gasteiger partial charge < -0.3 is 9.15 Å². The Balaban J connectivity index is 1.73. The highest BCUT2D eigenvalue weighted by molar-refractivity contribution is 8.00. The van der Waals surface area contributed by atoms with Gasteiger partial charge in [0.05, 0.1) is 4.88 Å². The summed E-state index contributed by atoms with van der Waals surface area (Å²) < 4.78 is 10.6. The number of carbonyl (C=O) groups excluding carboxylic acids is 1. The van der Waals surface area contributed by atoms with Crippen molar-refractivity contribution in [3.05, 3.63) is 17.5 Å². The summed E-state index contributed by atoms with van der Waals surface area (Å²) in [6.07, 6.45) is 0.648. The molecular formula is C11H10N2O3S2. The molecule has 94 valence electrons. The summed E-state index contributed by atoms with van der Waals surface area (Å²) in [7, 11) is 0. The van der Waals surface area contributed by atoms with Crippen molar-refractivity contribution in [1.82, 2.24) is 10.2 Å². The van der Waals surface area contributed by atoms with Gasteiger partial charge in [-0.25, -0.2) is 0 Å². The Bertz CT molecular complexity index is 552. The molecule has 0 spiro atoms. The Morgan fingerprint density at radius 1 is 1.50 bits per heavy atom. The summed E-state index contributed by atoms with van der Waals surface area (Å²) in [5.41, 5.74) is 0. The summed E-state index contributed by atoms with van der Waals surface area (Å²) >= 11 is 2.81. The van der Waals surface area contributed by atoms with E-state index in [1.54, 1.807) is 0 Å². The first-order chi connectivity index (χ1) is 8.72. The van der Waals surface area contributed by atoms with Crippen LogP contribution >= 0.6 is 23.1 Å². The predicted molar refractivity (Wildman–Crippen MR) is 67.4 cm³/mol. The number of rotatable bonds is 3. The number of hydrogen-bond donors (Lipinski definition) is 0. The van der Waals surface area contributed by atoms with Crippen molar-refractivity contribution in [3.8, 4) is 10.8 Å². The van der Waals surface area contributed by atoms with E-state index in [1.807, 2.05) is 24.4 Å². The Labute approximate surface area is 112 Å². The molecule has 0 bridgehead atoms. The van der Waals surface area contributed by atoms with Gasteiger partial charge in [0.2, 0.25) is 0 Å². The average molecular weight is 282 g/mol. The van der Waals surface area contributed by atoms with Gasteiger partial charge in [-0.3, -0.25) is 4.79 Å². The lowest BCUT2D eigenvalue weighted by atomic mass is 10.3. The van der Waals surface area contributed by atoms with E-state index < -0.39 is 0 Å². The number of carbonyl (C=O) groups is 1. The maximum absolute atomic E-state index is 11.5. The summed E-state index contributed by atoms with van der Waals surface area (Å²) in [5.74, 6) is 0.287. The van der Waals surface area contributed by atoms with Gasteiger partial charge in [0.25, 0.3) is 11.1 Å². The second-order valence-electron chi connectivity index (χ2n) is 3.94. The largest absolute Gasteiger partial charge is 0.462 e. The van der Waals surface area contributed by atoms with Gasteiger partial charge in [-0.15, -0.1) is 21.5 Å². The Morgan fingerprint density at radius 2 is 2.39 bits per heavy atom. The zero-order valence-corrected chi connectivity index (χ0v) is 11.2. The van der Waals surface area contributed by atoms with Crippen LogP contribution in [0.1, 0.15) is 13.3 Å². The summed E-state index contributed by atoms with van der Waals surface area (Å²) in [5, 5.41) is 10.0. The molecule has 7 heteroatoms. The number of thiophene rings is 1. The normalized spacial score (nSPS) is 23.3. The van der Waals surface area contributed by atoms with Gasteiger partial charge in [0, 0.05) is 6.42 Å². The van der Waals surface area contributed by atoms with E-state index in [-0.39, 0.29) is 17.3 Å². The van der Waals surface area contributed by atoms with Gasteiger partial charge in [0.15, 0.2) is 0 Å². The smallest absolute Gasteiger partial charge is 0.320 e. The van der Waals surface area contributed by atoms with E-state index in [2.05, 4.69) is 10.2 Å². The number of thioether (sulfide) groups is 1. The molecule has 1 aliphatic heterocycles. The third-order valence-corrected chi connectivity index (χ3v) is 4.40. The molecule has 0 aromatic carbocycles. The van der Waals surface area contributed by atoms with Crippen LogP contribution in [-0.4, -0.2) is 27.5 Å². The topological polar surface area (TPSA) is 65.2 Å². The number of cyclic esters (lactones) is 1. The molecule has 2 unspecified atom stereocenters. The van der Waals surface area contributed by atoms with Crippen LogP contribution in [0.2, 0.25) is 0 Å². The molecule has 1 fully saturated rings. The zero-order valence-electron chi connectivity index (χ0n) is 9.53. The molecule has 0 aliphatic carbocycles. The van der Waals surface area contributed by atoms with Gasteiger partial charge in [0.1, 0.15) is 11.4 Å². The van der Waals surface area contributed by atoms with Crippen molar-refractivity contribution in [2.75, 3.05) is 0 Å². The van der Waals surface area contributed by atoms with Crippen LogP contribution in [-0.2, 0) is 9.53 Å². The maximum atomic E-state index is 11.5.